The largest absolute Gasteiger partial charge is 0.440 e. The molecule has 1 fully saturated rings. The highest BCUT2D eigenvalue weighted by Gasteiger charge is 2.50. The van der Waals surface area contributed by atoms with Gasteiger partial charge in [0.1, 0.15) is 0 Å². The third-order valence-corrected chi connectivity index (χ3v) is 4.12. The molecular weight excluding hydrogens is 318 g/mol. The van der Waals surface area contributed by atoms with Crippen molar-refractivity contribution in [3.63, 3.8) is 0 Å². The van der Waals surface area contributed by atoms with E-state index in [2.05, 4.69) is 4.98 Å². The summed E-state index contributed by atoms with van der Waals surface area (Å²) in [5.74, 6) is 0.802. The number of carbonyl (C=O) groups excluding carboxylic acids is 1. The van der Waals surface area contributed by atoms with Gasteiger partial charge in [0.15, 0.2) is 17.3 Å². The fraction of sp³-hybridized carbons (Fsp3) is 0.412. The fourth-order valence-corrected chi connectivity index (χ4v) is 2.72. The predicted molar refractivity (Wildman–Crippen MR) is 82.5 cm³/mol. The molecule has 1 amide bonds. The summed E-state index contributed by atoms with van der Waals surface area (Å²) in [6.07, 6.45) is -2.45. The van der Waals surface area contributed by atoms with Gasteiger partial charge in [-0.05, 0) is 6.92 Å². The maximum atomic E-state index is 12.5. The van der Waals surface area contributed by atoms with E-state index in [0.717, 1.165) is 11.3 Å². The number of hydrogen-bond donors (Lipinski definition) is 1. The second kappa shape index (κ2) is 6.32. The Hall–Kier alpha value is -2.28. The van der Waals surface area contributed by atoms with Crippen LogP contribution in [0.15, 0.2) is 34.7 Å². The number of nitrogens with zero attached hydrogens (tertiary/aromatic N) is 2. The highest BCUT2D eigenvalue weighted by Crippen LogP contribution is 2.29. The Balaban J connectivity index is 1.57. The Labute approximate surface area is 137 Å². The van der Waals surface area contributed by atoms with Crippen LogP contribution in [0.4, 0.5) is 8.78 Å². The molecule has 5 nitrogen and oxygen atoms in total. The maximum Gasteiger partial charge on any atom is 0.270 e. The number of aliphatic hydroxyl groups is 1. The lowest BCUT2D eigenvalue weighted by Crippen LogP contribution is -2.67. The summed E-state index contributed by atoms with van der Waals surface area (Å²) in [7, 11) is 0. The molecule has 0 aliphatic carbocycles. The van der Waals surface area contributed by atoms with Crippen molar-refractivity contribution in [3.05, 3.63) is 41.9 Å². The quantitative estimate of drug-likeness (QED) is 0.911. The second-order valence-corrected chi connectivity index (χ2v) is 6.04. The first-order valence-corrected chi connectivity index (χ1v) is 7.69. The number of aromatic nitrogens is 1. The lowest BCUT2D eigenvalue weighted by Gasteiger charge is -2.45. The van der Waals surface area contributed by atoms with Gasteiger partial charge in [-0.1, -0.05) is 30.3 Å². The molecule has 2 heterocycles. The molecule has 1 N–H and O–H groups in total. The lowest BCUT2D eigenvalue weighted by molar-refractivity contribution is -0.188. The minimum atomic E-state index is -2.84. The summed E-state index contributed by atoms with van der Waals surface area (Å²) in [6.45, 7) is 1.17. The van der Waals surface area contributed by atoms with Crippen molar-refractivity contribution in [1.82, 2.24) is 9.88 Å². The van der Waals surface area contributed by atoms with Gasteiger partial charge in [0.05, 0.1) is 18.8 Å². The topological polar surface area (TPSA) is 66.6 Å². The number of benzene rings is 1. The van der Waals surface area contributed by atoms with Crippen molar-refractivity contribution in [2.75, 3.05) is 13.1 Å². The summed E-state index contributed by atoms with van der Waals surface area (Å²) in [6, 6.07) is 9.52. The van der Waals surface area contributed by atoms with Crippen molar-refractivity contribution in [3.8, 4) is 11.3 Å². The minimum absolute atomic E-state index is 0.105. The van der Waals surface area contributed by atoms with E-state index < -0.39 is 12.0 Å². The molecule has 0 spiro atoms. The third-order valence-electron chi connectivity index (χ3n) is 4.12. The highest BCUT2D eigenvalue weighted by molar-refractivity contribution is 5.77. The van der Waals surface area contributed by atoms with E-state index in [9.17, 15) is 18.7 Å². The van der Waals surface area contributed by atoms with Crippen molar-refractivity contribution in [1.29, 1.82) is 0 Å². The summed E-state index contributed by atoms with van der Waals surface area (Å²) in [5.41, 5.74) is -0.417. The molecule has 2 aromatic rings. The SMILES string of the molecule is Cc1nc(CCC(=O)N2CC(O)(C(F)F)C2)oc1-c1ccccc1. The van der Waals surface area contributed by atoms with E-state index in [1.165, 1.54) is 4.90 Å². The number of carbonyl (C=O) groups is 1. The standard InChI is InChI=1S/C17H18F2N2O3/c1-11-15(12-5-3-2-4-6-12)24-13(20-11)7-8-14(22)21-9-17(23,10-21)16(18)19/h2-6,16,23H,7-10H2,1H3. The molecule has 0 saturated carbocycles. The fourth-order valence-electron chi connectivity index (χ4n) is 2.72. The Kier molecular flexibility index (Phi) is 4.36. The predicted octanol–water partition coefficient (Wildman–Crippen LogP) is 2.42. The first-order valence-electron chi connectivity index (χ1n) is 7.69. The average molecular weight is 336 g/mol. The number of aryl methyl sites for hydroxylation is 2. The summed E-state index contributed by atoms with van der Waals surface area (Å²) in [5, 5.41) is 9.48. The first kappa shape index (κ1) is 16.6. The zero-order chi connectivity index (χ0) is 17.3. The maximum absolute atomic E-state index is 12.5. The van der Waals surface area contributed by atoms with Crippen LogP contribution in [0.3, 0.4) is 0 Å². The smallest absolute Gasteiger partial charge is 0.270 e. The van der Waals surface area contributed by atoms with E-state index in [4.69, 9.17) is 4.42 Å². The van der Waals surface area contributed by atoms with Gasteiger partial charge in [0, 0.05) is 18.4 Å². The zero-order valence-electron chi connectivity index (χ0n) is 13.2. The van der Waals surface area contributed by atoms with Gasteiger partial charge in [-0.2, -0.15) is 0 Å². The Bertz CT molecular complexity index is 725. The van der Waals surface area contributed by atoms with Gasteiger partial charge in [-0.3, -0.25) is 4.79 Å². The van der Waals surface area contributed by atoms with Crippen molar-refractivity contribution in [2.45, 2.75) is 31.8 Å². The number of amides is 1. The second-order valence-electron chi connectivity index (χ2n) is 6.04. The number of oxazole rings is 1. The normalized spacial score (nSPS) is 16.3. The molecule has 0 atom stereocenters. The van der Waals surface area contributed by atoms with Gasteiger partial charge in [-0.25, -0.2) is 13.8 Å². The molecule has 3 rings (SSSR count). The van der Waals surface area contributed by atoms with E-state index in [0.29, 0.717) is 11.7 Å². The van der Waals surface area contributed by atoms with E-state index >= 15 is 0 Å². The van der Waals surface area contributed by atoms with Crippen LogP contribution in [0.5, 0.6) is 0 Å². The Morgan fingerprint density at radius 2 is 2.04 bits per heavy atom. The Morgan fingerprint density at radius 3 is 2.67 bits per heavy atom. The van der Waals surface area contributed by atoms with Crippen LogP contribution in [0, 0.1) is 6.92 Å². The number of halogens is 2. The molecule has 1 aliphatic heterocycles. The van der Waals surface area contributed by atoms with Crippen molar-refractivity contribution in [2.24, 2.45) is 0 Å². The number of hydrogen-bond acceptors (Lipinski definition) is 4. The van der Waals surface area contributed by atoms with Gasteiger partial charge >= 0.3 is 0 Å². The van der Waals surface area contributed by atoms with E-state index in [1.54, 1.807) is 0 Å². The molecule has 0 radical (unpaired) electrons. The molecule has 1 saturated heterocycles. The van der Waals surface area contributed by atoms with E-state index in [-0.39, 0.29) is 31.8 Å². The van der Waals surface area contributed by atoms with E-state index in [1.807, 2.05) is 37.3 Å². The highest BCUT2D eigenvalue weighted by atomic mass is 19.3. The number of alkyl halides is 2. The molecule has 7 heteroatoms. The summed E-state index contributed by atoms with van der Waals surface area (Å²) >= 11 is 0. The molecule has 1 aliphatic rings. The summed E-state index contributed by atoms with van der Waals surface area (Å²) < 4.78 is 30.8. The molecule has 1 aromatic carbocycles. The molecule has 0 unspecified atom stereocenters. The molecule has 128 valence electrons. The minimum Gasteiger partial charge on any atom is -0.440 e. The van der Waals surface area contributed by atoms with Crippen LogP contribution in [-0.4, -0.2) is 46.0 Å². The monoisotopic (exact) mass is 336 g/mol. The van der Waals surface area contributed by atoms with Gasteiger partial charge in [0.25, 0.3) is 6.43 Å². The lowest BCUT2D eigenvalue weighted by atomic mass is 9.94. The van der Waals surface area contributed by atoms with Crippen molar-refractivity contribution < 1.29 is 23.1 Å². The van der Waals surface area contributed by atoms with Crippen LogP contribution >= 0.6 is 0 Å². The van der Waals surface area contributed by atoms with Gasteiger partial charge in [-0.15, -0.1) is 0 Å². The van der Waals surface area contributed by atoms with Crippen molar-refractivity contribution >= 4 is 5.91 Å². The van der Waals surface area contributed by atoms with Crippen LogP contribution in [0.25, 0.3) is 11.3 Å². The van der Waals surface area contributed by atoms with Crippen LogP contribution in [0.1, 0.15) is 18.0 Å². The average Bonchev–Trinajstić information content (AvgIpc) is 2.91. The Morgan fingerprint density at radius 1 is 1.38 bits per heavy atom. The number of β-amino-alcohol motifs (C(OH)–C–C–N with tert-alkyl or cyclic N) is 1. The third kappa shape index (κ3) is 3.17. The summed E-state index contributed by atoms with van der Waals surface area (Å²) in [4.78, 5) is 17.5. The number of rotatable bonds is 5. The van der Waals surface area contributed by atoms with Crippen LogP contribution in [-0.2, 0) is 11.2 Å². The molecule has 24 heavy (non-hydrogen) atoms. The zero-order valence-corrected chi connectivity index (χ0v) is 13.2. The molecule has 0 bridgehead atoms. The van der Waals surface area contributed by atoms with Gasteiger partial charge in [0.2, 0.25) is 5.91 Å². The van der Waals surface area contributed by atoms with Crippen LogP contribution < -0.4 is 0 Å². The molecular formula is C17H18F2N2O3. The first-order chi connectivity index (χ1) is 11.4. The number of likely N-dealkylation sites (tertiary alicyclic amines) is 1. The molecule has 1 aromatic heterocycles. The van der Waals surface area contributed by atoms with Crippen LogP contribution in [0.2, 0.25) is 0 Å². The van der Waals surface area contributed by atoms with Gasteiger partial charge < -0.3 is 14.4 Å².